The van der Waals surface area contributed by atoms with Crippen molar-refractivity contribution < 1.29 is 10.0 Å². The van der Waals surface area contributed by atoms with E-state index in [4.69, 9.17) is 10.9 Å². The van der Waals surface area contributed by atoms with Crippen molar-refractivity contribution >= 4 is 23.5 Å². The number of nitrogens with zero attached hydrogens (tertiary/aromatic N) is 2. The van der Waals surface area contributed by atoms with E-state index in [0.717, 1.165) is 18.6 Å². The summed E-state index contributed by atoms with van der Waals surface area (Å²) in [4.78, 5) is 13.6. The first kappa shape index (κ1) is 12.2. The van der Waals surface area contributed by atoms with E-state index in [9.17, 15) is 4.79 Å². The van der Waals surface area contributed by atoms with Gasteiger partial charge in [0.25, 0.3) is 0 Å². The molecule has 1 fully saturated rings. The quantitative estimate of drug-likeness (QED) is 0.319. The summed E-state index contributed by atoms with van der Waals surface area (Å²) in [7, 11) is 0. The Bertz CT molecular complexity index is 252. The van der Waals surface area contributed by atoms with Crippen LogP contribution in [0.3, 0.4) is 0 Å². The average molecular weight is 231 g/mol. The second kappa shape index (κ2) is 5.85. The van der Waals surface area contributed by atoms with E-state index in [-0.39, 0.29) is 23.5 Å². The zero-order chi connectivity index (χ0) is 11.3. The van der Waals surface area contributed by atoms with Gasteiger partial charge in [0.15, 0.2) is 5.84 Å². The number of carbonyl (C=O) groups is 1. The molecule has 0 bridgehead atoms. The molecule has 0 aromatic heterocycles. The lowest BCUT2D eigenvalue weighted by atomic mass is 10.2. The van der Waals surface area contributed by atoms with Crippen LogP contribution in [0.1, 0.15) is 19.8 Å². The molecular formula is C9H17N3O2S. The minimum absolute atomic E-state index is 0.0662. The van der Waals surface area contributed by atoms with Crippen LogP contribution < -0.4 is 5.73 Å². The zero-order valence-electron chi connectivity index (χ0n) is 8.85. The molecule has 6 heteroatoms. The molecule has 1 aliphatic heterocycles. The number of hydrogen-bond acceptors (Lipinski definition) is 4. The normalized spacial score (nSPS) is 21.7. The van der Waals surface area contributed by atoms with Crippen LogP contribution in [0.15, 0.2) is 5.16 Å². The van der Waals surface area contributed by atoms with Crippen LogP contribution in [-0.2, 0) is 4.79 Å². The molecule has 0 spiro atoms. The van der Waals surface area contributed by atoms with Crippen LogP contribution in [0.2, 0.25) is 0 Å². The van der Waals surface area contributed by atoms with Gasteiger partial charge >= 0.3 is 0 Å². The Hall–Kier alpha value is -0.910. The molecule has 1 unspecified atom stereocenters. The van der Waals surface area contributed by atoms with E-state index in [1.165, 1.54) is 0 Å². The summed E-state index contributed by atoms with van der Waals surface area (Å²) >= 11 is 1.69. The second-order valence-corrected chi connectivity index (χ2v) is 4.76. The molecule has 0 aromatic carbocycles. The zero-order valence-corrected chi connectivity index (χ0v) is 9.66. The molecule has 0 saturated carbocycles. The van der Waals surface area contributed by atoms with E-state index in [1.54, 1.807) is 16.7 Å². The lowest BCUT2D eigenvalue weighted by molar-refractivity contribution is -0.129. The molecule has 3 N–H and O–H groups in total. The molecule has 1 heterocycles. The molecule has 1 aliphatic rings. The first-order valence-electron chi connectivity index (χ1n) is 5.05. The largest absolute Gasteiger partial charge is 0.409 e. The Balaban J connectivity index is 2.53. The van der Waals surface area contributed by atoms with E-state index in [0.29, 0.717) is 6.54 Å². The maximum Gasteiger partial charge on any atom is 0.236 e. The predicted octanol–water partition coefficient (Wildman–Crippen LogP) is 0.477. The lowest BCUT2D eigenvalue weighted by Gasteiger charge is -2.22. The maximum absolute atomic E-state index is 11.9. The number of rotatable bonds is 4. The Morgan fingerprint density at radius 1 is 1.73 bits per heavy atom. The molecule has 86 valence electrons. The summed E-state index contributed by atoms with van der Waals surface area (Å²) < 4.78 is 0. The van der Waals surface area contributed by atoms with E-state index < -0.39 is 0 Å². The van der Waals surface area contributed by atoms with Gasteiger partial charge in [0.05, 0.1) is 11.8 Å². The van der Waals surface area contributed by atoms with Crippen LogP contribution in [0.25, 0.3) is 0 Å². The Labute approximate surface area is 93.7 Å². The molecule has 1 amide bonds. The number of oxime groups is 1. The van der Waals surface area contributed by atoms with Crippen LogP contribution in [0, 0.1) is 0 Å². The number of likely N-dealkylation sites (N-methyl/N-ethyl adjacent to an activating group) is 1. The van der Waals surface area contributed by atoms with Crippen molar-refractivity contribution in [3.05, 3.63) is 0 Å². The Morgan fingerprint density at radius 2 is 2.47 bits per heavy atom. The van der Waals surface area contributed by atoms with Gasteiger partial charge in [-0.25, -0.2) is 0 Å². The lowest BCUT2D eigenvalue weighted by Crippen LogP contribution is -2.42. The third kappa shape index (κ3) is 3.30. The fourth-order valence-corrected chi connectivity index (χ4v) is 2.79. The first-order chi connectivity index (χ1) is 7.19. The van der Waals surface area contributed by atoms with Gasteiger partial charge in [0, 0.05) is 6.54 Å². The molecule has 1 atom stereocenters. The third-order valence-electron chi connectivity index (χ3n) is 2.38. The topological polar surface area (TPSA) is 78.9 Å². The number of carbonyl (C=O) groups excluding carboxylic acids is 1. The third-order valence-corrected chi connectivity index (χ3v) is 3.74. The molecule has 0 aliphatic carbocycles. The first-order valence-corrected chi connectivity index (χ1v) is 6.10. The van der Waals surface area contributed by atoms with Crippen LogP contribution >= 0.6 is 11.8 Å². The number of hydrogen-bond donors (Lipinski definition) is 2. The van der Waals surface area contributed by atoms with Gasteiger partial charge in [-0.2, -0.15) is 0 Å². The van der Waals surface area contributed by atoms with Crippen LogP contribution in [-0.4, -0.2) is 45.9 Å². The summed E-state index contributed by atoms with van der Waals surface area (Å²) in [5, 5.41) is 11.4. The number of amides is 1. The number of thioether (sulfide) groups is 1. The minimum Gasteiger partial charge on any atom is -0.409 e. The molecule has 1 saturated heterocycles. The van der Waals surface area contributed by atoms with Crippen molar-refractivity contribution in [2.24, 2.45) is 10.9 Å². The molecule has 0 radical (unpaired) electrons. The van der Waals surface area contributed by atoms with Crippen molar-refractivity contribution in [2.75, 3.05) is 18.8 Å². The van der Waals surface area contributed by atoms with Crippen LogP contribution in [0.5, 0.6) is 0 Å². The van der Waals surface area contributed by atoms with Crippen LogP contribution in [0.4, 0.5) is 0 Å². The summed E-state index contributed by atoms with van der Waals surface area (Å²) in [5.41, 5.74) is 5.39. The van der Waals surface area contributed by atoms with Crippen molar-refractivity contribution in [3.63, 3.8) is 0 Å². The van der Waals surface area contributed by atoms with Gasteiger partial charge in [-0.05, 0) is 25.5 Å². The van der Waals surface area contributed by atoms with Gasteiger partial charge in [0.1, 0.15) is 0 Å². The standard InChI is InChI=1S/C9H17N3O2S/c1-2-12(6-8(10)11-14)9(13)7-4-3-5-15-7/h7,14H,2-6H2,1H3,(H2,10,11). The van der Waals surface area contributed by atoms with Crippen molar-refractivity contribution in [1.29, 1.82) is 0 Å². The highest BCUT2D eigenvalue weighted by Gasteiger charge is 2.27. The fourth-order valence-electron chi connectivity index (χ4n) is 1.55. The molecule has 1 rings (SSSR count). The summed E-state index contributed by atoms with van der Waals surface area (Å²) in [6, 6.07) is 0. The number of amidine groups is 1. The van der Waals surface area contributed by atoms with Gasteiger partial charge < -0.3 is 15.8 Å². The van der Waals surface area contributed by atoms with Gasteiger partial charge in [-0.1, -0.05) is 5.16 Å². The SMILES string of the molecule is CCN(CC(N)=NO)C(=O)C1CCCS1. The summed E-state index contributed by atoms with van der Waals surface area (Å²) in [5.74, 6) is 1.23. The molecule has 15 heavy (non-hydrogen) atoms. The Kier molecular flexibility index (Phi) is 4.74. The van der Waals surface area contributed by atoms with Gasteiger partial charge in [0.2, 0.25) is 5.91 Å². The minimum atomic E-state index is 0.0662. The average Bonchev–Trinajstić information content (AvgIpc) is 2.77. The van der Waals surface area contributed by atoms with E-state index >= 15 is 0 Å². The van der Waals surface area contributed by atoms with Gasteiger partial charge in [-0.3, -0.25) is 4.79 Å². The molecule has 5 nitrogen and oxygen atoms in total. The summed E-state index contributed by atoms with van der Waals surface area (Å²) in [6.07, 6.45) is 2.04. The Morgan fingerprint density at radius 3 is 2.93 bits per heavy atom. The number of nitrogens with two attached hydrogens (primary N) is 1. The highest BCUT2D eigenvalue weighted by molar-refractivity contribution is 8.00. The second-order valence-electron chi connectivity index (χ2n) is 3.45. The van der Waals surface area contributed by atoms with E-state index in [1.807, 2.05) is 6.92 Å². The van der Waals surface area contributed by atoms with Crippen molar-refractivity contribution in [3.8, 4) is 0 Å². The van der Waals surface area contributed by atoms with Gasteiger partial charge in [-0.15, -0.1) is 11.8 Å². The molecular weight excluding hydrogens is 214 g/mol. The van der Waals surface area contributed by atoms with E-state index in [2.05, 4.69) is 5.16 Å². The summed E-state index contributed by atoms with van der Waals surface area (Å²) in [6.45, 7) is 2.69. The maximum atomic E-state index is 11.9. The monoisotopic (exact) mass is 231 g/mol. The smallest absolute Gasteiger partial charge is 0.236 e. The molecule has 0 aromatic rings. The van der Waals surface area contributed by atoms with Crippen molar-refractivity contribution in [1.82, 2.24) is 4.90 Å². The predicted molar refractivity (Wildman–Crippen MR) is 61.1 cm³/mol. The highest BCUT2D eigenvalue weighted by atomic mass is 32.2. The fraction of sp³-hybridized carbons (Fsp3) is 0.778. The van der Waals surface area contributed by atoms with Crippen molar-refractivity contribution in [2.45, 2.75) is 25.0 Å². The highest BCUT2D eigenvalue weighted by Crippen LogP contribution is 2.27.